The lowest BCUT2D eigenvalue weighted by molar-refractivity contribution is -0.135. The van der Waals surface area contributed by atoms with Crippen LogP contribution in [0.15, 0.2) is 30.6 Å². The Bertz CT molecular complexity index is 617. The summed E-state index contributed by atoms with van der Waals surface area (Å²) in [5.74, 6) is -0.697. The standard InChI is InChI=1S/C16H19N3O3/c1-16(2,3)14(21)19-11-10-18(15(19)22)13(20)5-4-12-6-8-17-9-7-12/h4-9H,10-11H2,1-3H3/b5-4+. The third-order valence-corrected chi connectivity index (χ3v) is 3.29. The number of carbonyl (C=O) groups excluding carboxylic acids is 3. The molecule has 1 fully saturated rings. The summed E-state index contributed by atoms with van der Waals surface area (Å²) in [7, 11) is 0. The minimum atomic E-state index is -0.651. The molecule has 0 N–H and O–H groups in total. The molecule has 0 spiro atoms. The molecule has 0 unspecified atom stereocenters. The molecular formula is C16H19N3O3. The smallest absolute Gasteiger partial charge is 0.274 e. The lowest BCUT2D eigenvalue weighted by Gasteiger charge is -2.23. The van der Waals surface area contributed by atoms with Crippen LogP contribution in [0.2, 0.25) is 0 Å². The van der Waals surface area contributed by atoms with Crippen molar-refractivity contribution in [2.75, 3.05) is 13.1 Å². The molecule has 1 aromatic rings. The summed E-state index contributed by atoms with van der Waals surface area (Å²) in [6.45, 7) is 5.70. The fraction of sp³-hybridized carbons (Fsp3) is 0.375. The molecular weight excluding hydrogens is 282 g/mol. The van der Waals surface area contributed by atoms with Gasteiger partial charge in [0.05, 0.1) is 0 Å². The molecule has 1 saturated heterocycles. The van der Waals surface area contributed by atoms with Crippen LogP contribution in [-0.2, 0) is 9.59 Å². The first-order valence-corrected chi connectivity index (χ1v) is 7.06. The van der Waals surface area contributed by atoms with Gasteiger partial charge in [0.2, 0.25) is 5.91 Å². The quantitative estimate of drug-likeness (QED) is 0.783. The van der Waals surface area contributed by atoms with E-state index in [1.165, 1.54) is 6.08 Å². The van der Waals surface area contributed by atoms with E-state index in [2.05, 4.69) is 4.98 Å². The molecule has 2 rings (SSSR count). The molecule has 0 aromatic carbocycles. The Hall–Kier alpha value is -2.50. The maximum atomic E-state index is 12.2. The van der Waals surface area contributed by atoms with E-state index in [9.17, 15) is 14.4 Å². The normalized spacial score (nSPS) is 15.7. The van der Waals surface area contributed by atoms with Gasteiger partial charge in [-0.3, -0.25) is 24.4 Å². The number of rotatable bonds is 2. The Labute approximate surface area is 129 Å². The van der Waals surface area contributed by atoms with Crippen LogP contribution in [-0.4, -0.2) is 45.7 Å². The molecule has 22 heavy (non-hydrogen) atoms. The van der Waals surface area contributed by atoms with Crippen LogP contribution in [0.3, 0.4) is 0 Å². The first-order valence-electron chi connectivity index (χ1n) is 7.06. The zero-order valence-electron chi connectivity index (χ0n) is 12.9. The minimum Gasteiger partial charge on any atom is -0.274 e. The maximum Gasteiger partial charge on any atom is 0.333 e. The summed E-state index contributed by atoms with van der Waals surface area (Å²) >= 11 is 0. The van der Waals surface area contributed by atoms with Gasteiger partial charge in [0, 0.05) is 37.0 Å². The van der Waals surface area contributed by atoms with Gasteiger partial charge < -0.3 is 0 Å². The highest BCUT2D eigenvalue weighted by molar-refractivity contribution is 6.08. The third kappa shape index (κ3) is 3.39. The van der Waals surface area contributed by atoms with Gasteiger partial charge in [0.25, 0.3) is 5.91 Å². The molecule has 1 aliphatic heterocycles. The van der Waals surface area contributed by atoms with E-state index in [1.807, 2.05) is 0 Å². The number of imide groups is 2. The Morgan fingerprint density at radius 3 is 2.32 bits per heavy atom. The van der Waals surface area contributed by atoms with Crippen LogP contribution in [0.5, 0.6) is 0 Å². The van der Waals surface area contributed by atoms with Crippen molar-refractivity contribution < 1.29 is 14.4 Å². The molecule has 1 aromatic heterocycles. The third-order valence-electron chi connectivity index (χ3n) is 3.29. The number of carbonyl (C=O) groups is 3. The summed E-state index contributed by atoms with van der Waals surface area (Å²) in [6.07, 6.45) is 6.19. The van der Waals surface area contributed by atoms with Gasteiger partial charge in [0.1, 0.15) is 0 Å². The van der Waals surface area contributed by atoms with Gasteiger partial charge in [-0.05, 0) is 23.8 Å². The molecule has 0 bridgehead atoms. The molecule has 116 valence electrons. The van der Waals surface area contributed by atoms with Crippen LogP contribution in [0.1, 0.15) is 26.3 Å². The van der Waals surface area contributed by atoms with Crippen molar-refractivity contribution in [3.05, 3.63) is 36.2 Å². The van der Waals surface area contributed by atoms with Crippen molar-refractivity contribution in [2.24, 2.45) is 5.41 Å². The fourth-order valence-electron chi connectivity index (χ4n) is 2.07. The largest absolute Gasteiger partial charge is 0.333 e. The maximum absolute atomic E-state index is 12.2. The van der Waals surface area contributed by atoms with Crippen LogP contribution < -0.4 is 0 Å². The molecule has 0 aliphatic carbocycles. The van der Waals surface area contributed by atoms with Gasteiger partial charge in [-0.15, -0.1) is 0 Å². The highest BCUT2D eigenvalue weighted by atomic mass is 16.2. The highest BCUT2D eigenvalue weighted by Crippen LogP contribution is 2.21. The molecule has 0 atom stereocenters. The summed E-state index contributed by atoms with van der Waals surface area (Å²) in [6, 6.07) is 2.96. The van der Waals surface area contributed by atoms with E-state index >= 15 is 0 Å². The second-order valence-corrected chi connectivity index (χ2v) is 6.09. The number of nitrogens with zero attached hydrogens (tertiary/aromatic N) is 3. The van der Waals surface area contributed by atoms with Gasteiger partial charge >= 0.3 is 6.03 Å². The lowest BCUT2D eigenvalue weighted by atomic mass is 9.95. The second-order valence-electron chi connectivity index (χ2n) is 6.09. The average Bonchev–Trinajstić information content (AvgIpc) is 2.85. The van der Waals surface area contributed by atoms with E-state index < -0.39 is 17.4 Å². The number of aromatic nitrogens is 1. The molecule has 0 radical (unpaired) electrons. The van der Waals surface area contributed by atoms with Gasteiger partial charge in [-0.25, -0.2) is 4.79 Å². The number of amides is 4. The van der Waals surface area contributed by atoms with Crippen LogP contribution in [0.4, 0.5) is 4.79 Å². The number of hydrogen-bond acceptors (Lipinski definition) is 4. The van der Waals surface area contributed by atoms with Crippen molar-refractivity contribution in [3.63, 3.8) is 0 Å². The molecule has 4 amide bonds. The van der Waals surface area contributed by atoms with Crippen molar-refractivity contribution in [2.45, 2.75) is 20.8 Å². The van der Waals surface area contributed by atoms with Crippen molar-refractivity contribution in [1.29, 1.82) is 0 Å². The molecule has 6 heteroatoms. The van der Waals surface area contributed by atoms with Gasteiger partial charge in [0.15, 0.2) is 0 Å². The van der Waals surface area contributed by atoms with E-state index in [4.69, 9.17) is 0 Å². The Morgan fingerprint density at radius 1 is 1.14 bits per heavy atom. The van der Waals surface area contributed by atoms with Crippen LogP contribution in [0.25, 0.3) is 6.08 Å². The molecule has 1 aliphatic rings. The zero-order chi connectivity index (χ0) is 16.3. The number of hydrogen-bond donors (Lipinski definition) is 0. The molecule has 6 nitrogen and oxygen atoms in total. The van der Waals surface area contributed by atoms with Crippen molar-refractivity contribution >= 4 is 23.9 Å². The van der Waals surface area contributed by atoms with E-state index in [1.54, 1.807) is 51.4 Å². The first-order chi connectivity index (χ1) is 10.3. The van der Waals surface area contributed by atoms with Crippen LogP contribution in [0, 0.1) is 5.41 Å². The highest BCUT2D eigenvalue weighted by Gasteiger charge is 2.39. The van der Waals surface area contributed by atoms with Gasteiger partial charge in [-0.2, -0.15) is 0 Å². The van der Waals surface area contributed by atoms with Crippen molar-refractivity contribution in [1.82, 2.24) is 14.8 Å². The summed E-state index contributed by atoms with van der Waals surface area (Å²) in [5, 5.41) is 0. The topological polar surface area (TPSA) is 70.6 Å². The average molecular weight is 301 g/mol. The summed E-state index contributed by atoms with van der Waals surface area (Å²) in [5.41, 5.74) is 0.166. The number of urea groups is 1. The fourth-order valence-corrected chi connectivity index (χ4v) is 2.07. The second kappa shape index (κ2) is 6.09. The SMILES string of the molecule is CC(C)(C)C(=O)N1CCN(C(=O)/C=C/c2ccncc2)C1=O. The summed E-state index contributed by atoms with van der Waals surface area (Å²) in [4.78, 5) is 42.6. The monoisotopic (exact) mass is 301 g/mol. The molecule has 2 heterocycles. The van der Waals surface area contributed by atoms with Crippen LogP contribution >= 0.6 is 0 Å². The predicted octanol–water partition coefficient (Wildman–Crippen LogP) is 1.93. The number of pyridine rings is 1. The van der Waals surface area contributed by atoms with E-state index in [-0.39, 0.29) is 19.0 Å². The van der Waals surface area contributed by atoms with E-state index in [0.29, 0.717) is 0 Å². The lowest BCUT2D eigenvalue weighted by Crippen LogP contribution is -2.43. The Kier molecular flexibility index (Phi) is 4.40. The minimum absolute atomic E-state index is 0.222. The molecule has 0 saturated carbocycles. The van der Waals surface area contributed by atoms with E-state index in [0.717, 1.165) is 15.4 Å². The first kappa shape index (κ1) is 15.9. The Balaban J connectivity index is 2.05. The Morgan fingerprint density at radius 2 is 1.73 bits per heavy atom. The predicted molar refractivity (Wildman–Crippen MR) is 81.5 cm³/mol. The van der Waals surface area contributed by atoms with Crippen molar-refractivity contribution in [3.8, 4) is 0 Å². The summed E-state index contributed by atoms with van der Waals surface area (Å²) < 4.78 is 0. The van der Waals surface area contributed by atoms with Gasteiger partial charge in [-0.1, -0.05) is 20.8 Å². The zero-order valence-corrected chi connectivity index (χ0v) is 12.9.